The highest BCUT2D eigenvalue weighted by molar-refractivity contribution is 6.23. The minimum Gasteiger partial charge on any atom is -0.457 e. The molecular weight excluding hydrogens is 875 g/mol. The fourth-order valence-electron chi connectivity index (χ4n) is 10.7. The zero-order chi connectivity index (χ0) is 47.2. The van der Waals surface area contributed by atoms with Crippen molar-refractivity contribution in [3.63, 3.8) is 0 Å². The fraction of sp³-hybridized carbons (Fsp3) is 0.346. The lowest BCUT2D eigenvalue weighted by Gasteiger charge is -2.40. The molecule has 4 saturated heterocycles. The zero-order valence-corrected chi connectivity index (χ0v) is 38.2. The van der Waals surface area contributed by atoms with Gasteiger partial charge in [0.2, 0.25) is 11.8 Å². The molecule has 5 amide bonds. The molecule has 0 spiro atoms. The van der Waals surface area contributed by atoms with Gasteiger partial charge in [-0.1, -0.05) is 18.2 Å². The number of likely N-dealkylation sites (tertiary alicyclic amines) is 1. The van der Waals surface area contributed by atoms with Crippen molar-refractivity contribution in [2.45, 2.75) is 50.6 Å². The summed E-state index contributed by atoms with van der Waals surface area (Å²) in [6.45, 7) is 7.46. The van der Waals surface area contributed by atoms with Crippen LogP contribution in [0.25, 0.3) is 22.3 Å². The highest BCUT2D eigenvalue weighted by Gasteiger charge is 2.45. The molecule has 4 aromatic carbocycles. The molecule has 0 aliphatic carbocycles. The Balaban J connectivity index is 0.668. The lowest BCUT2D eigenvalue weighted by molar-refractivity contribution is -0.136. The number of ether oxygens (including phenoxy) is 1. The Hall–Kier alpha value is -7.66. The number of nitrogens with two attached hydrogens (primary N) is 1. The van der Waals surface area contributed by atoms with E-state index in [-0.39, 0.29) is 24.8 Å². The standard InChI is InChI=1S/C52H53N11O6/c53-47-45-46(34-10-15-40(16-11-34)69-39-6-2-1-3-7-39)57-63(48(45)55-32-54-47)38-5-4-22-61(31-38)50(66)35-8-12-36(13-9-35)59-23-20-33(21-24-59)30-58-25-27-60(28-26-58)37-14-17-41-42(29-37)52(68)62(51(41)67)43-18-19-44(64)56-49(43)65/h1-3,6-17,29,32-33,38,43H,4-5,18-28,30-31H2,(H2,53,54,55)(H,56,64,65). The smallest absolute Gasteiger partial charge is 0.262 e. The minimum atomic E-state index is -0.978. The largest absolute Gasteiger partial charge is 0.457 e. The molecule has 11 rings (SSSR count). The van der Waals surface area contributed by atoms with Crippen molar-refractivity contribution in [1.29, 1.82) is 0 Å². The number of nitrogens with one attached hydrogen (secondary N) is 1. The molecule has 6 aromatic rings. The van der Waals surface area contributed by atoms with E-state index in [4.69, 9.17) is 15.6 Å². The van der Waals surface area contributed by atoms with Crippen LogP contribution in [0.3, 0.4) is 0 Å². The summed E-state index contributed by atoms with van der Waals surface area (Å²) in [7, 11) is 0. The highest BCUT2D eigenvalue weighted by Crippen LogP contribution is 2.36. The van der Waals surface area contributed by atoms with Crippen LogP contribution in [-0.2, 0) is 9.59 Å². The second kappa shape index (κ2) is 18.4. The first-order chi connectivity index (χ1) is 33.6. The van der Waals surface area contributed by atoms with Crippen molar-refractivity contribution in [1.82, 2.24) is 39.8 Å². The van der Waals surface area contributed by atoms with Crippen LogP contribution in [0.1, 0.15) is 75.6 Å². The summed E-state index contributed by atoms with van der Waals surface area (Å²) in [4.78, 5) is 83.8. The van der Waals surface area contributed by atoms with Crippen LogP contribution in [0.15, 0.2) is 103 Å². The van der Waals surface area contributed by atoms with Crippen LogP contribution in [0.2, 0.25) is 0 Å². The molecule has 0 saturated carbocycles. The quantitative estimate of drug-likeness (QED) is 0.157. The number of rotatable bonds is 10. The van der Waals surface area contributed by atoms with Crippen molar-refractivity contribution in [2.75, 3.05) is 74.4 Å². The van der Waals surface area contributed by atoms with E-state index in [1.807, 2.05) is 82.4 Å². The number of piperidine rings is 3. The predicted molar refractivity (Wildman–Crippen MR) is 259 cm³/mol. The van der Waals surface area contributed by atoms with Crippen molar-refractivity contribution >= 4 is 57.8 Å². The second-order valence-electron chi connectivity index (χ2n) is 18.7. The van der Waals surface area contributed by atoms with Crippen LogP contribution in [-0.4, -0.2) is 129 Å². The Morgan fingerprint density at radius 3 is 2.19 bits per heavy atom. The van der Waals surface area contributed by atoms with Gasteiger partial charge in [-0.05, 0) is 117 Å². The summed E-state index contributed by atoms with van der Waals surface area (Å²) >= 11 is 0. The number of fused-ring (bicyclic) bond motifs is 2. The van der Waals surface area contributed by atoms with E-state index in [1.54, 1.807) is 12.1 Å². The molecule has 17 heteroatoms. The van der Waals surface area contributed by atoms with Crippen LogP contribution < -0.4 is 25.6 Å². The van der Waals surface area contributed by atoms with E-state index in [9.17, 15) is 24.0 Å². The number of anilines is 3. The topological polar surface area (TPSA) is 192 Å². The maximum absolute atomic E-state index is 14.0. The van der Waals surface area contributed by atoms with Crippen LogP contribution in [0.5, 0.6) is 11.5 Å². The van der Waals surface area contributed by atoms with Gasteiger partial charge in [-0.3, -0.25) is 39.1 Å². The SMILES string of the molecule is Nc1ncnc2c1c(-c1ccc(Oc3ccccc3)cc1)nn2C1CCCN(C(=O)c2ccc(N3CCC(CN4CCN(c5ccc6c(c5)C(=O)N(C5CCC(=O)NC5=O)C6=O)CC4)CC3)cc2)C1. The Labute approximate surface area is 398 Å². The summed E-state index contributed by atoms with van der Waals surface area (Å²) in [5, 5.41) is 8.02. The Morgan fingerprint density at radius 1 is 0.725 bits per heavy atom. The number of nitrogen functional groups attached to an aromatic ring is 1. The molecule has 0 radical (unpaired) electrons. The zero-order valence-electron chi connectivity index (χ0n) is 38.2. The van der Waals surface area contributed by atoms with Gasteiger partial charge in [0, 0.05) is 87.8 Å². The van der Waals surface area contributed by atoms with Gasteiger partial charge >= 0.3 is 0 Å². The van der Waals surface area contributed by atoms with Crippen LogP contribution in [0, 0.1) is 5.92 Å². The molecule has 5 aliphatic rings. The van der Waals surface area contributed by atoms with Crippen LogP contribution in [0.4, 0.5) is 17.2 Å². The Kier molecular flexibility index (Phi) is 11.7. The van der Waals surface area contributed by atoms with Gasteiger partial charge in [0.1, 0.15) is 35.4 Å². The molecule has 69 heavy (non-hydrogen) atoms. The first-order valence-corrected chi connectivity index (χ1v) is 23.9. The molecular formula is C52H53N11O6. The van der Waals surface area contributed by atoms with Crippen molar-refractivity contribution < 1.29 is 28.7 Å². The number of aromatic nitrogens is 4. The summed E-state index contributed by atoms with van der Waals surface area (Å²) in [6.07, 6.45) is 5.52. The van der Waals surface area contributed by atoms with Gasteiger partial charge in [0.05, 0.1) is 22.6 Å². The van der Waals surface area contributed by atoms with Gasteiger partial charge in [0.25, 0.3) is 17.7 Å². The first kappa shape index (κ1) is 43.9. The maximum atomic E-state index is 14.0. The number of benzene rings is 4. The average Bonchev–Trinajstić information content (AvgIpc) is 3.89. The molecule has 2 aromatic heterocycles. The number of para-hydroxylation sites is 1. The molecule has 7 heterocycles. The number of nitrogens with zero attached hydrogens (tertiary/aromatic N) is 9. The van der Waals surface area contributed by atoms with E-state index in [0.717, 1.165) is 99.1 Å². The summed E-state index contributed by atoms with van der Waals surface area (Å²) in [6, 6.07) is 29.7. The van der Waals surface area contributed by atoms with Gasteiger partial charge in [0.15, 0.2) is 5.65 Å². The minimum absolute atomic E-state index is 0.000994. The monoisotopic (exact) mass is 927 g/mol. The second-order valence-corrected chi connectivity index (χ2v) is 18.7. The Bertz CT molecular complexity index is 2950. The molecule has 3 N–H and O–H groups in total. The lowest BCUT2D eigenvalue weighted by atomic mass is 9.95. The predicted octanol–water partition coefficient (Wildman–Crippen LogP) is 5.78. The summed E-state index contributed by atoms with van der Waals surface area (Å²) in [5.41, 5.74) is 11.9. The van der Waals surface area contributed by atoms with Gasteiger partial charge < -0.3 is 25.2 Å². The van der Waals surface area contributed by atoms with Crippen molar-refractivity contribution in [2.24, 2.45) is 5.92 Å². The Morgan fingerprint density at radius 2 is 1.43 bits per heavy atom. The molecule has 2 atom stereocenters. The first-order valence-electron chi connectivity index (χ1n) is 23.9. The fourth-order valence-corrected chi connectivity index (χ4v) is 10.7. The van der Waals surface area contributed by atoms with Gasteiger partial charge in [-0.15, -0.1) is 0 Å². The molecule has 0 bridgehead atoms. The van der Waals surface area contributed by atoms with E-state index < -0.39 is 29.7 Å². The maximum Gasteiger partial charge on any atom is 0.262 e. The number of piperazine rings is 1. The van der Waals surface area contributed by atoms with E-state index in [2.05, 4.69) is 42.1 Å². The van der Waals surface area contributed by atoms with Crippen molar-refractivity contribution in [3.05, 3.63) is 120 Å². The van der Waals surface area contributed by atoms with Crippen LogP contribution >= 0.6 is 0 Å². The van der Waals surface area contributed by atoms with E-state index in [1.165, 1.54) is 6.33 Å². The molecule has 17 nitrogen and oxygen atoms in total. The molecule has 2 unspecified atom stereocenters. The molecule has 5 aliphatic heterocycles. The average molecular weight is 928 g/mol. The third-order valence-corrected chi connectivity index (χ3v) is 14.4. The number of carbonyl (C=O) groups excluding carboxylic acids is 5. The number of imide groups is 2. The number of amides is 5. The molecule has 4 fully saturated rings. The lowest BCUT2D eigenvalue weighted by Crippen LogP contribution is -2.54. The third-order valence-electron chi connectivity index (χ3n) is 14.4. The summed E-state index contributed by atoms with van der Waals surface area (Å²) < 4.78 is 7.94. The summed E-state index contributed by atoms with van der Waals surface area (Å²) in [5.74, 6) is 0.416. The molecule has 352 valence electrons. The van der Waals surface area contributed by atoms with E-state index in [0.29, 0.717) is 64.0 Å². The number of hydrogen-bond donors (Lipinski definition) is 2. The normalized spacial score (nSPS) is 20.4. The van der Waals surface area contributed by atoms with E-state index >= 15 is 0 Å². The van der Waals surface area contributed by atoms with Gasteiger partial charge in [-0.25, -0.2) is 14.6 Å². The van der Waals surface area contributed by atoms with Gasteiger partial charge in [-0.2, -0.15) is 5.10 Å². The number of hydrogen-bond acceptors (Lipinski definition) is 13. The van der Waals surface area contributed by atoms with Crippen molar-refractivity contribution in [3.8, 4) is 22.8 Å². The number of carbonyl (C=O) groups is 5. The third kappa shape index (κ3) is 8.62. The highest BCUT2D eigenvalue weighted by atomic mass is 16.5.